The summed E-state index contributed by atoms with van der Waals surface area (Å²) in [5.41, 5.74) is 2.95. The minimum atomic E-state index is -0.0123. The van der Waals surface area contributed by atoms with Crippen molar-refractivity contribution in [2.75, 3.05) is 32.8 Å². The molecule has 0 amide bonds. The number of hydrogen-bond donors (Lipinski definition) is 2. The maximum atomic E-state index is 13.2. The molecule has 6 nitrogen and oxygen atoms in total. The lowest BCUT2D eigenvalue weighted by Crippen LogP contribution is -2.37. The predicted molar refractivity (Wildman–Crippen MR) is 129 cm³/mol. The number of phenols is 2. The van der Waals surface area contributed by atoms with E-state index in [4.69, 9.17) is 9.47 Å². The van der Waals surface area contributed by atoms with Gasteiger partial charge >= 0.3 is 0 Å². The van der Waals surface area contributed by atoms with E-state index in [0.717, 1.165) is 17.7 Å². The highest BCUT2D eigenvalue weighted by Gasteiger charge is 2.25. The first-order chi connectivity index (χ1) is 14.9. The molecule has 3 rings (SSSR count). The van der Waals surface area contributed by atoms with Gasteiger partial charge in [-0.2, -0.15) is 0 Å². The number of carbonyl (C=O) groups is 1. The molecule has 0 bridgehead atoms. The summed E-state index contributed by atoms with van der Waals surface area (Å²) in [6.45, 7) is 8.57. The highest BCUT2D eigenvalue weighted by Crippen LogP contribution is 2.31. The minimum absolute atomic E-state index is 0. The Bertz CT molecular complexity index is 938. The molecule has 1 heterocycles. The van der Waals surface area contributed by atoms with Gasteiger partial charge in [-0.25, -0.2) is 0 Å². The van der Waals surface area contributed by atoms with E-state index in [9.17, 15) is 15.0 Å². The molecule has 0 spiro atoms. The molecule has 0 atom stereocenters. The SMILES string of the molecule is CCOc1cc(C=C2CN(CC)CC(=Cc3ccc(O)c(OCC)c3)C2=O)ccc1O.Cl. The zero-order valence-corrected chi connectivity index (χ0v) is 19.4. The molecule has 0 unspecified atom stereocenters. The Hall–Kier alpha value is -2.96. The minimum Gasteiger partial charge on any atom is -0.504 e. The predicted octanol–water partition coefficient (Wildman–Crippen LogP) is 4.69. The first-order valence-electron chi connectivity index (χ1n) is 10.5. The van der Waals surface area contributed by atoms with Gasteiger partial charge in [-0.05, 0) is 67.9 Å². The molecular formula is C25H30ClNO5. The molecule has 0 aliphatic carbocycles. The number of aromatic hydroxyl groups is 2. The van der Waals surface area contributed by atoms with E-state index in [1.165, 1.54) is 0 Å². The number of ketones is 1. The van der Waals surface area contributed by atoms with Crippen molar-refractivity contribution in [3.05, 3.63) is 58.7 Å². The van der Waals surface area contributed by atoms with Gasteiger partial charge in [0.2, 0.25) is 0 Å². The summed E-state index contributed by atoms with van der Waals surface area (Å²) < 4.78 is 10.9. The quantitative estimate of drug-likeness (QED) is 0.585. The van der Waals surface area contributed by atoms with Crippen LogP contribution >= 0.6 is 12.4 Å². The summed E-state index contributed by atoms with van der Waals surface area (Å²) in [7, 11) is 0. The Balaban J connectivity index is 0.00000363. The molecule has 2 aromatic rings. The normalized spacial score (nSPS) is 16.8. The lowest BCUT2D eigenvalue weighted by atomic mass is 9.94. The standard InChI is InChI=1S/C25H29NO5.ClH/c1-4-26-15-19(11-17-7-9-21(27)23(13-17)30-5-2)25(29)20(16-26)12-18-8-10-22(28)24(14-18)31-6-3;/h7-14,27-28H,4-6,15-16H2,1-3H3;1H. The fraction of sp³-hybridized carbons (Fsp3) is 0.320. The first kappa shape index (κ1) is 25.3. The third kappa shape index (κ3) is 6.05. The number of benzene rings is 2. The second kappa shape index (κ2) is 11.6. The molecular weight excluding hydrogens is 430 g/mol. The van der Waals surface area contributed by atoms with Gasteiger partial charge in [0.25, 0.3) is 0 Å². The molecule has 2 aromatic carbocycles. The fourth-order valence-electron chi connectivity index (χ4n) is 3.52. The summed E-state index contributed by atoms with van der Waals surface area (Å²) >= 11 is 0. The molecule has 1 fully saturated rings. The van der Waals surface area contributed by atoms with Gasteiger partial charge in [-0.15, -0.1) is 12.4 Å². The molecule has 1 saturated heterocycles. The smallest absolute Gasteiger partial charge is 0.187 e. The Labute approximate surface area is 195 Å². The van der Waals surface area contributed by atoms with Gasteiger partial charge in [-0.3, -0.25) is 9.69 Å². The summed E-state index contributed by atoms with van der Waals surface area (Å²) in [5.74, 6) is 0.938. The second-order valence-corrected chi connectivity index (χ2v) is 7.29. The summed E-state index contributed by atoms with van der Waals surface area (Å²) in [4.78, 5) is 15.4. The number of ether oxygens (including phenoxy) is 2. The van der Waals surface area contributed by atoms with E-state index in [1.54, 1.807) is 36.4 Å². The maximum Gasteiger partial charge on any atom is 0.187 e. The topological polar surface area (TPSA) is 79.2 Å². The number of phenolic OH excluding ortho intramolecular Hbond substituents is 2. The number of rotatable bonds is 7. The summed E-state index contributed by atoms with van der Waals surface area (Å²) in [5, 5.41) is 19.9. The number of likely N-dealkylation sites (N-methyl/N-ethyl adjacent to an activating group) is 1. The third-order valence-corrected chi connectivity index (χ3v) is 5.07. The van der Waals surface area contributed by atoms with Crippen LogP contribution in [0.3, 0.4) is 0 Å². The van der Waals surface area contributed by atoms with Crippen LogP contribution in [0.5, 0.6) is 23.0 Å². The lowest BCUT2D eigenvalue weighted by Gasteiger charge is -2.28. The number of halogens is 1. The number of Topliss-reactive ketones (excluding diaryl/α,β-unsaturated/α-hetero) is 1. The highest BCUT2D eigenvalue weighted by molar-refractivity contribution is 6.14. The average Bonchev–Trinajstić information content (AvgIpc) is 2.76. The van der Waals surface area contributed by atoms with Crippen LogP contribution in [-0.4, -0.2) is 53.7 Å². The van der Waals surface area contributed by atoms with E-state index < -0.39 is 0 Å². The average molecular weight is 460 g/mol. The van der Waals surface area contributed by atoms with Crippen LogP contribution in [0.25, 0.3) is 12.2 Å². The van der Waals surface area contributed by atoms with Crippen molar-refractivity contribution in [3.8, 4) is 23.0 Å². The zero-order chi connectivity index (χ0) is 22.4. The van der Waals surface area contributed by atoms with Crippen LogP contribution in [0.4, 0.5) is 0 Å². The Morgan fingerprint density at radius 3 is 1.66 bits per heavy atom. The van der Waals surface area contributed by atoms with Gasteiger partial charge in [0.05, 0.1) is 13.2 Å². The van der Waals surface area contributed by atoms with Crippen molar-refractivity contribution in [1.29, 1.82) is 0 Å². The third-order valence-electron chi connectivity index (χ3n) is 5.07. The van der Waals surface area contributed by atoms with Crippen molar-refractivity contribution < 1.29 is 24.5 Å². The van der Waals surface area contributed by atoms with Crippen LogP contribution in [0, 0.1) is 0 Å². The Morgan fingerprint density at radius 2 is 1.28 bits per heavy atom. The Morgan fingerprint density at radius 1 is 0.844 bits per heavy atom. The Kier molecular flexibility index (Phi) is 9.17. The van der Waals surface area contributed by atoms with Crippen LogP contribution in [0.1, 0.15) is 31.9 Å². The highest BCUT2D eigenvalue weighted by atomic mass is 35.5. The largest absolute Gasteiger partial charge is 0.504 e. The van der Waals surface area contributed by atoms with Crippen molar-refractivity contribution in [1.82, 2.24) is 4.90 Å². The van der Waals surface area contributed by atoms with Gasteiger partial charge in [0.15, 0.2) is 28.8 Å². The number of nitrogens with zero attached hydrogens (tertiary/aromatic N) is 1. The van der Waals surface area contributed by atoms with Crippen molar-refractivity contribution in [2.24, 2.45) is 0 Å². The molecule has 1 aliphatic heterocycles. The molecule has 1 aliphatic rings. The van der Waals surface area contributed by atoms with Crippen LogP contribution < -0.4 is 9.47 Å². The van der Waals surface area contributed by atoms with Crippen molar-refractivity contribution >= 4 is 30.3 Å². The molecule has 0 saturated carbocycles. The fourth-order valence-corrected chi connectivity index (χ4v) is 3.52. The van der Waals surface area contributed by atoms with E-state index in [0.29, 0.717) is 48.9 Å². The van der Waals surface area contributed by atoms with Gasteiger partial charge in [0.1, 0.15) is 0 Å². The lowest BCUT2D eigenvalue weighted by molar-refractivity contribution is -0.113. The van der Waals surface area contributed by atoms with E-state index in [-0.39, 0.29) is 29.7 Å². The van der Waals surface area contributed by atoms with Crippen LogP contribution in [0.2, 0.25) is 0 Å². The molecule has 7 heteroatoms. The summed E-state index contributed by atoms with van der Waals surface area (Å²) in [6, 6.07) is 10.2. The maximum absolute atomic E-state index is 13.2. The van der Waals surface area contributed by atoms with Crippen molar-refractivity contribution in [2.45, 2.75) is 20.8 Å². The second-order valence-electron chi connectivity index (χ2n) is 7.29. The molecule has 32 heavy (non-hydrogen) atoms. The van der Waals surface area contributed by atoms with Gasteiger partial charge < -0.3 is 19.7 Å². The van der Waals surface area contributed by atoms with Crippen LogP contribution in [0.15, 0.2) is 47.5 Å². The molecule has 0 radical (unpaired) electrons. The molecule has 2 N–H and O–H groups in total. The molecule has 0 aromatic heterocycles. The van der Waals surface area contributed by atoms with Crippen LogP contribution in [-0.2, 0) is 4.79 Å². The monoisotopic (exact) mass is 459 g/mol. The van der Waals surface area contributed by atoms with E-state index in [2.05, 4.69) is 11.8 Å². The van der Waals surface area contributed by atoms with Gasteiger partial charge in [-0.1, -0.05) is 19.1 Å². The number of carbonyl (C=O) groups excluding carboxylic acids is 1. The number of likely N-dealkylation sites (tertiary alicyclic amines) is 1. The molecule has 172 valence electrons. The van der Waals surface area contributed by atoms with E-state index in [1.807, 2.05) is 26.0 Å². The first-order valence-corrected chi connectivity index (χ1v) is 10.5. The van der Waals surface area contributed by atoms with Crippen molar-refractivity contribution in [3.63, 3.8) is 0 Å². The zero-order valence-electron chi connectivity index (χ0n) is 18.6. The van der Waals surface area contributed by atoms with Gasteiger partial charge in [0, 0.05) is 24.2 Å². The van der Waals surface area contributed by atoms with E-state index >= 15 is 0 Å². The number of piperidine rings is 1. The number of hydrogen-bond acceptors (Lipinski definition) is 6. The summed E-state index contributed by atoms with van der Waals surface area (Å²) in [6.07, 6.45) is 3.70.